The molecule has 0 N–H and O–H groups in total. The highest BCUT2D eigenvalue weighted by atomic mass is 79.9. The third kappa shape index (κ3) is 8.89. The predicted molar refractivity (Wildman–Crippen MR) is 187 cm³/mol. The molecule has 14 heteroatoms. The summed E-state index contributed by atoms with van der Waals surface area (Å²) in [7, 11) is -1.68. The molecule has 2 aromatic carbocycles. The third-order valence-corrected chi connectivity index (χ3v) is 10.5. The quantitative estimate of drug-likeness (QED) is 0.308. The van der Waals surface area contributed by atoms with Crippen LogP contribution in [0, 0.1) is 34.3 Å². The topological polar surface area (TPSA) is 103 Å². The Bertz CT molecular complexity index is 1480. The summed E-state index contributed by atoms with van der Waals surface area (Å²) >= 11 is 3.03. The molecule has 0 bridgehead atoms. The van der Waals surface area contributed by atoms with Gasteiger partial charge in [0.2, 0.25) is 0 Å². The van der Waals surface area contributed by atoms with Crippen LogP contribution >= 0.6 is 15.9 Å². The average Bonchev–Trinajstić information content (AvgIpc) is 3.41. The van der Waals surface area contributed by atoms with Crippen molar-refractivity contribution >= 4 is 42.5 Å². The Balaban J connectivity index is 0.000000203. The van der Waals surface area contributed by atoms with Crippen LogP contribution in [-0.2, 0) is 40.8 Å². The number of rotatable bonds is 4. The van der Waals surface area contributed by atoms with Crippen molar-refractivity contribution in [2.45, 2.75) is 130 Å². The summed E-state index contributed by atoms with van der Waals surface area (Å²) in [5.41, 5.74) is -0.517. The van der Waals surface area contributed by atoms with E-state index in [9.17, 15) is 8.78 Å². The second-order valence-electron chi connectivity index (χ2n) is 15.1. The minimum Gasteiger partial charge on any atom is -0.405 e. The van der Waals surface area contributed by atoms with Crippen LogP contribution in [0.25, 0.3) is 0 Å². The number of halogens is 3. The van der Waals surface area contributed by atoms with Crippen molar-refractivity contribution in [3.63, 3.8) is 0 Å². The zero-order valence-electron chi connectivity index (χ0n) is 30.1. The number of benzene rings is 2. The van der Waals surface area contributed by atoms with Crippen LogP contribution in [0.2, 0.25) is 0 Å². The highest BCUT2D eigenvalue weighted by Crippen LogP contribution is 2.43. The van der Waals surface area contributed by atoms with Gasteiger partial charge in [-0.05, 0) is 128 Å². The minimum absolute atomic E-state index is 0.243. The number of nitriles is 2. The maximum atomic E-state index is 13.9. The van der Waals surface area contributed by atoms with Gasteiger partial charge in [-0.3, -0.25) is 0 Å². The van der Waals surface area contributed by atoms with Gasteiger partial charge in [-0.2, -0.15) is 10.5 Å². The summed E-state index contributed by atoms with van der Waals surface area (Å²) < 4.78 is 62.4. The fraction of sp³-hybridized carbons (Fsp3) is 0.588. The molecule has 0 amide bonds. The molecule has 0 aromatic heterocycles. The first-order chi connectivity index (χ1) is 21.9. The maximum Gasteiger partial charge on any atom is 0.497 e. The van der Waals surface area contributed by atoms with E-state index >= 15 is 0 Å². The predicted octanol–water partition coefficient (Wildman–Crippen LogP) is 7.09. The molecule has 0 saturated carbocycles. The molecule has 5 rings (SSSR count). The van der Waals surface area contributed by atoms with Crippen molar-refractivity contribution in [1.82, 2.24) is 0 Å². The lowest BCUT2D eigenvalue weighted by Gasteiger charge is -2.32. The summed E-state index contributed by atoms with van der Waals surface area (Å²) in [6, 6.07) is 13.2. The molecule has 0 unspecified atom stereocenters. The van der Waals surface area contributed by atoms with Gasteiger partial charge in [0.15, 0.2) is 0 Å². The second-order valence-corrected chi connectivity index (χ2v) is 16.0. The lowest BCUT2D eigenvalue weighted by molar-refractivity contribution is 0.00578. The lowest BCUT2D eigenvalue weighted by Crippen LogP contribution is -2.41. The molecular weight excluding hydrogens is 683 g/mol. The first-order valence-corrected chi connectivity index (χ1v) is 16.7. The zero-order chi connectivity index (χ0) is 36.5. The average molecular weight is 729 g/mol. The molecule has 2 aromatic rings. The maximum absolute atomic E-state index is 13.9. The van der Waals surface area contributed by atoms with Gasteiger partial charge in [0.05, 0.1) is 63.1 Å². The minimum atomic E-state index is -0.733. The fourth-order valence-electron chi connectivity index (χ4n) is 4.69. The van der Waals surface area contributed by atoms with E-state index in [1.807, 2.05) is 95.2 Å². The molecule has 3 aliphatic heterocycles. The molecule has 3 heterocycles. The summed E-state index contributed by atoms with van der Waals surface area (Å²) in [5.74, 6) is -0.674. The van der Waals surface area contributed by atoms with E-state index in [2.05, 4.69) is 15.9 Å². The number of hydrogen-bond donors (Lipinski definition) is 0. The molecule has 0 radical (unpaired) electrons. The smallest absolute Gasteiger partial charge is 0.405 e. The Morgan fingerprint density at radius 2 is 0.896 bits per heavy atom. The molecule has 0 atom stereocenters. The van der Waals surface area contributed by atoms with Crippen molar-refractivity contribution < 1.29 is 36.7 Å². The van der Waals surface area contributed by atoms with Crippen molar-refractivity contribution in [3.05, 3.63) is 63.6 Å². The van der Waals surface area contributed by atoms with Crippen LogP contribution < -0.4 is 5.46 Å². The molecule has 48 heavy (non-hydrogen) atoms. The van der Waals surface area contributed by atoms with E-state index in [4.69, 9.17) is 38.4 Å². The second kappa shape index (κ2) is 14.5. The first kappa shape index (κ1) is 40.1. The van der Waals surface area contributed by atoms with E-state index in [0.29, 0.717) is 16.4 Å². The summed E-state index contributed by atoms with van der Waals surface area (Å²) in [6.45, 7) is 23.9. The van der Waals surface area contributed by atoms with E-state index in [0.717, 1.165) is 11.1 Å². The molecule has 0 aliphatic carbocycles. The molecule has 3 saturated heterocycles. The van der Waals surface area contributed by atoms with E-state index < -0.39 is 32.3 Å². The van der Waals surface area contributed by atoms with Crippen molar-refractivity contribution in [2.75, 3.05) is 0 Å². The SMILES string of the molecule is CC1(C)OB(B2OC(C)(C)C(C)(C)O2)OC1(C)C.CC1(C)OB(c2cc(CC#N)ccc2F)OC1(C)C.N#CCc1ccc(F)c(Br)c1. The number of nitrogens with zero attached hydrogens (tertiary/aromatic N) is 2. The normalized spacial score (nSPS) is 22.1. The summed E-state index contributed by atoms with van der Waals surface area (Å²) in [4.78, 5) is 0. The fourth-order valence-corrected chi connectivity index (χ4v) is 5.11. The van der Waals surface area contributed by atoms with Crippen LogP contribution in [0.1, 0.15) is 94.2 Å². The molecule has 0 spiro atoms. The standard InChI is InChI=1S/C14H17BFNO2.C12H24B2O4.C8H5BrFN/c1-13(2)14(3,4)19-15(18-13)11-9-10(7-8-17)5-6-12(11)16;1-9(2)10(3,4)16-13(15-9)14-17-11(5,6)12(7,8)18-14;9-7-5-6(3-4-11)1-2-8(7)10/h5-6,9H,7H2,1-4H3;1-8H3;1-2,5H,3H2. The van der Waals surface area contributed by atoms with E-state index in [1.165, 1.54) is 12.1 Å². The summed E-state index contributed by atoms with van der Waals surface area (Å²) in [6.07, 6.45) is 0.561. The van der Waals surface area contributed by atoms with Gasteiger partial charge in [0, 0.05) is 5.46 Å². The molecular formula is C34H46B3BrF2N2O6. The van der Waals surface area contributed by atoms with Gasteiger partial charge >= 0.3 is 21.1 Å². The van der Waals surface area contributed by atoms with Crippen molar-refractivity contribution in [3.8, 4) is 12.1 Å². The molecule has 258 valence electrons. The Hall–Kier alpha value is -2.29. The Morgan fingerprint density at radius 3 is 1.25 bits per heavy atom. The zero-order valence-corrected chi connectivity index (χ0v) is 31.7. The Labute approximate surface area is 294 Å². The molecule has 3 aliphatic rings. The van der Waals surface area contributed by atoms with Crippen LogP contribution in [0.3, 0.4) is 0 Å². The van der Waals surface area contributed by atoms with Crippen molar-refractivity contribution in [1.29, 1.82) is 10.5 Å². The Morgan fingerprint density at radius 1 is 0.562 bits per heavy atom. The lowest BCUT2D eigenvalue weighted by atomic mass is 9.49. The third-order valence-electron chi connectivity index (χ3n) is 9.88. The van der Waals surface area contributed by atoms with Gasteiger partial charge in [-0.15, -0.1) is 0 Å². The summed E-state index contributed by atoms with van der Waals surface area (Å²) in [5, 5.41) is 17.0. The van der Waals surface area contributed by atoms with Crippen LogP contribution in [0.5, 0.6) is 0 Å². The monoisotopic (exact) mass is 728 g/mol. The Kier molecular flexibility index (Phi) is 12.1. The van der Waals surface area contributed by atoms with Crippen LogP contribution in [0.4, 0.5) is 8.78 Å². The first-order valence-electron chi connectivity index (χ1n) is 15.9. The highest BCUT2D eigenvalue weighted by Gasteiger charge is 2.63. The van der Waals surface area contributed by atoms with Crippen molar-refractivity contribution in [2.24, 2.45) is 0 Å². The molecule has 8 nitrogen and oxygen atoms in total. The van der Waals surface area contributed by atoms with Crippen LogP contribution in [-0.4, -0.2) is 54.7 Å². The van der Waals surface area contributed by atoms with Gasteiger partial charge in [0.25, 0.3) is 0 Å². The van der Waals surface area contributed by atoms with Crippen LogP contribution in [0.15, 0.2) is 40.9 Å². The van der Waals surface area contributed by atoms with Gasteiger partial charge < -0.3 is 27.9 Å². The van der Waals surface area contributed by atoms with Gasteiger partial charge in [0.1, 0.15) is 11.6 Å². The van der Waals surface area contributed by atoms with E-state index in [1.54, 1.807) is 24.3 Å². The van der Waals surface area contributed by atoms with Gasteiger partial charge in [-0.1, -0.05) is 18.2 Å². The number of hydrogen-bond acceptors (Lipinski definition) is 8. The van der Waals surface area contributed by atoms with Gasteiger partial charge in [-0.25, -0.2) is 8.78 Å². The highest BCUT2D eigenvalue weighted by molar-refractivity contribution is 9.10. The molecule has 3 fully saturated rings. The van der Waals surface area contributed by atoms with E-state index in [-0.39, 0.29) is 40.5 Å². The largest absolute Gasteiger partial charge is 0.497 e.